The molecule has 0 atom stereocenters. The van der Waals surface area contributed by atoms with Crippen molar-refractivity contribution < 1.29 is 0 Å². The zero-order chi connectivity index (χ0) is 12.8. The van der Waals surface area contributed by atoms with Crippen molar-refractivity contribution >= 4 is 23.9 Å². The lowest BCUT2D eigenvalue weighted by atomic mass is 10.1. The first-order valence-electron chi connectivity index (χ1n) is 6.00. The smallest absolute Gasteiger partial charge is 0.0337 e. The van der Waals surface area contributed by atoms with E-state index in [9.17, 15) is 0 Å². The van der Waals surface area contributed by atoms with Crippen LogP contribution in [0.5, 0.6) is 0 Å². The highest BCUT2D eigenvalue weighted by Crippen LogP contribution is 2.13. The van der Waals surface area contributed by atoms with Crippen LogP contribution in [0.4, 0.5) is 5.69 Å². The fourth-order valence-electron chi connectivity index (χ4n) is 1.70. The lowest BCUT2D eigenvalue weighted by molar-refractivity contribution is 1.51. The minimum atomic E-state index is 1.13. The molecule has 90 valence electrons. The Morgan fingerprint density at radius 2 is 1.22 bits per heavy atom. The monoisotopic (exact) mass is 235 g/mol. The zero-order valence-electron chi connectivity index (χ0n) is 10.6. The molecule has 1 nitrogen and oxygen atoms in total. The highest BCUT2D eigenvalue weighted by atomic mass is 14.8. The number of nitrogens with one attached hydrogen (secondary N) is 1. The second-order valence-electron chi connectivity index (χ2n) is 4.08. The van der Waals surface area contributed by atoms with E-state index in [1.807, 2.05) is 13.1 Å². The third-order valence-corrected chi connectivity index (χ3v) is 2.84. The molecular formula is C17H17N. The molecule has 0 amide bonds. The molecule has 0 saturated heterocycles. The van der Waals surface area contributed by atoms with Gasteiger partial charge in [-0.15, -0.1) is 0 Å². The van der Waals surface area contributed by atoms with Crippen molar-refractivity contribution in [3.63, 3.8) is 0 Å². The molecule has 0 aromatic heterocycles. The van der Waals surface area contributed by atoms with E-state index in [0.29, 0.717) is 0 Å². The summed E-state index contributed by atoms with van der Waals surface area (Å²) in [4.78, 5) is 0. The quantitative estimate of drug-likeness (QED) is 0.767. The second-order valence-corrected chi connectivity index (χ2v) is 4.08. The molecule has 0 aliphatic heterocycles. The molecule has 0 radical (unpaired) electrons. The fourth-order valence-corrected chi connectivity index (χ4v) is 1.70. The highest BCUT2D eigenvalue weighted by Gasteiger charge is 1.90. The molecule has 0 aliphatic carbocycles. The normalized spacial score (nSPS) is 10.5. The third kappa shape index (κ3) is 3.11. The van der Waals surface area contributed by atoms with E-state index in [1.165, 1.54) is 11.1 Å². The van der Waals surface area contributed by atoms with E-state index in [0.717, 1.165) is 11.3 Å². The lowest BCUT2D eigenvalue weighted by Crippen LogP contribution is -1.86. The van der Waals surface area contributed by atoms with Gasteiger partial charge in [-0.05, 0) is 28.8 Å². The SMILES string of the molecule is C=Cc1ccc(/C=C/c2ccc(NC)cc2)cc1. The van der Waals surface area contributed by atoms with Crippen LogP contribution in [0.1, 0.15) is 16.7 Å². The first-order valence-corrected chi connectivity index (χ1v) is 6.00. The van der Waals surface area contributed by atoms with Crippen LogP contribution in [0.25, 0.3) is 18.2 Å². The Balaban J connectivity index is 2.10. The van der Waals surface area contributed by atoms with Crippen molar-refractivity contribution in [2.45, 2.75) is 0 Å². The predicted molar refractivity (Wildman–Crippen MR) is 81.4 cm³/mol. The van der Waals surface area contributed by atoms with E-state index < -0.39 is 0 Å². The van der Waals surface area contributed by atoms with Crippen LogP contribution >= 0.6 is 0 Å². The Hall–Kier alpha value is -2.28. The van der Waals surface area contributed by atoms with Gasteiger partial charge in [0, 0.05) is 12.7 Å². The maximum Gasteiger partial charge on any atom is 0.0337 e. The number of hydrogen-bond donors (Lipinski definition) is 1. The van der Waals surface area contributed by atoms with E-state index >= 15 is 0 Å². The van der Waals surface area contributed by atoms with Gasteiger partial charge in [-0.1, -0.05) is 61.2 Å². The summed E-state index contributed by atoms with van der Waals surface area (Å²) in [5.74, 6) is 0. The highest BCUT2D eigenvalue weighted by molar-refractivity contribution is 5.71. The molecule has 0 heterocycles. The molecule has 0 aliphatic rings. The molecule has 1 N–H and O–H groups in total. The first kappa shape index (κ1) is 12.2. The average molecular weight is 235 g/mol. The third-order valence-electron chi connectivity index (χ3n) is 2.84. The standard InChI is InChI=1S/C17H17N/c1-3-14-4-6-15(7-5-14)8-9-16-10-12-17(18-2)13-11-16/h3-13,18H,1H2,2H3/b9-8+. The summed E-state index contributed by atoms with van der Waals surface area (Å²) in [5, 5.41) is 3.11. The molecule has 0 fully saturated rings. The van der Waals surface area contributed by atoms with Crippen LogP contribution in [0.2, 0.25) is 0 Å². The molecule has 18 heavy (non-hydrogen) atoms. The van der Waals surface area contributed by atoms with Gasteiger partial charge in [0.15, 0.2) is 0 Å². The number of rotatable bonds is 4. The van der Waals surface area contributed by atoms with Gasteiger partial charge < -0.3 is 5.32 Å². The number of anilines is 1. The van der Waals surface area contributed by atoms with Gasteiger partial charge in [0.2, 0.25) is 0 Å². The maximum absolute atomic E-state index is 3.75. The summed E-state index contributed by atoms with van der Waals surface area (Å²) in [7, 11) is 1.92. The van der Waals surface area contributed by atoms with Crippen LogP contribution in [0.3, 0.4) is 0 Å². The fraction of sp³-hybridized carbons (Fsp3) is 0.0588. The van der Waals surface area contributed by atoms with Gasteiger partial charge in [-0.3, -0.25) is 0 Å². The second kappa shape index (κ2) is 5.87. The van der Waals surface area contributed by atoms with Gasteiger partial charge in [-0.2, -0.15) is 0 Å². The van der Waals surface area contributed by atoms with Crippen LogP contribution in [-0.2, 0) is 0 Å². The first-order chi connectivity index (χ1) is 8.81. The summed E-state index contributed by atoms with van der Waals surface area (Å²) in [6, 6.07) is 16.7. The van der Waals surface area contributed by atoms with E-state index in [1.54, 1.807) is 0 Å². The van der Waals surface area contributed by atoms with Gasteiger partial charge in [0.1, 0.15) is 0 Å². The molecule has 2 rings (SSSR count). The molecule has 2 aromatic rings. The summed E-state index contributed by atoms with van der Waals surface area (Å²) in [5.41, 5.74) is 4.66. The largest absolute Gasteiger partial charge is 0.388 e. The van der Waals surface area contributed by atoms with Crippen LogP contribution < -0.4 is 5.32 Å². The van der Waals surface area contributed by atoms with Gasteiger partial charge in [0.05, 0.1) is 0 Å². The molecule has 0 unspecified atom stereocenters. The van der Waals surface area contributed by atoms with Crippen molar-refractivity contribution in [1.82, 2.24) is 0 Å². The molecule has 0 bridgehead atoms. The Morgan fingerprint density at radius 1 is 0.778 bits per heavy atom. The molecule has 0 saturated carbocycles. The summed E-state index contributed by atoms with van der Waals surface area (Å²) in [6.45, 7) is 3.75. The summed E-state index contributed by atoms with van der Waals surface area (Å²) in [6.07, 6.45) is 6.08. The Labute approximate surface area is 108 Å². The van der Waals surface area contributed by atoms with Crippen molar-refractivity contribution in [3.05, 3.63) is 71.8 Å². The van der Waals surface area contributed by atoms with Gasteiger partial charge in [-0.25, -0.2) is 0 Å². The average Bonchev–Trinajstić information content (AvgIpc) is 2.46. The maximum atomic E-state index is 3.75. The Morgan fingerprint density at radius 3 is 1.67 bits per heavy atom. The molecule has 0 spiro atoms. The van der Waals surface area contributed by atoms with Crippen molar-refractivity contribution in [2.24, 2.45) is 0 Å². The van der Waals surface area contributed by atoms with Crippen molar-refractivity contribution in [3.8, 4) is 0 Å². The number of hydrogen-bond acceptors (Lipinski definition) is 1. The topological polar surface area (TPSA) is 12.0 Å². The molecule has 2 aromatic carbocycles. The minimum absolute atomic E-state index is 1.13. The Bertz CT molecular complexity index is 533. The molecule has 1 heteroatoms. The van der Waals surface area contributed by atoms with Gasteiger partial charge >= 0.3 is 0 Å². The van der Waals surface area contributed by atoms with Crippen LogP contribution in [0.15, 0.2) is 55.1 Å². The summed E-state index contributed by atoms with van der Waals surface area (Å²) >= 11 is 0. The summed E-state index contributed by atoms with van der Waals surface area (Å²) < 4.78 is 0. The predicted octanol–water partition coefficient (Wildman–Crippen LogP) is 4.54. The van der Waals surface area contributed by atoms with E-state index in [4.69, 9.17) is 0 Å². The van der Waals surface area contributed by atoms with E-state index in [-0.39, 0.29) is 0 Å². The van der Waals surface area contributed by atoms with E-state index in [2.05, 4.69) is 72.6 Å². The molecular weight excluding hydrogens is 218 g/mol. The van der Waals surface area contributed by atoms with Crippen LogP contribution in [0, 0.1) is 0 Å². The van der Waals surface area contributed by atoms with Crippen molar-refractivity contribution in [1.29, 1.82) is 0 Å². The Kier molecular flexibility index (Phi) is 3.98. The minimum Gasteiger partial charge on any atom is -0.388 e. The van der Waals surface area contributed by atoms with Crippen LogP contribution in [-0.4, -0.2) is 7.05 Å². The lowest BCUT2D eigenvalue weighted by Gasteiger charge is -2.00. The van der Waals surface area contributed by atoms with Crippen molar-refractivity contribution in [2.75, 3.05) is 12.4 Å². The zero-order valence-corrected chi connectivity index (χ0v) is 10.6. The number of benzene rings is 2. The van der Waals surface area contributed by atoms with Gasteiger partial charge in [0.25, 0.3) is 0 Å².